The first kappa shape index (κ1) is 14.1. The highest BCUT2D eigenvalue weighted by atomic mass is 79.9. The first-order valence-corrected chi connectivity index (χ1v) is 7.78. The van der Waals surface area contributed by atoms with Crippen molar-refractivity contribution in [3.05, 3.63) is 11.1 Å². The van der Waals surface area contributed by atoms with Crippen molar-refractivity contribution in [2.75, 3.05) is 0 Å². The number of hydrogen-bond donors (Lipinski definition) is 0. The maximum absolute atomic E-state index is 11.7. The Kier molecular flexibility index (Phi) is 3.91. The summed E-state index contributed by atoms with van der Waals surface area (Å²) < 4.78 is 5.51. The Hall–Kier alpha value is -0.310. The molecule has 0 aromatic carbocycles. The molecular formula is C15H23BrO2. The molecule has 1 heterocycles. The number of cyclic esters (lactones) is 1. The van der Waals surface area contributed by atoms with E-state index >= 15 is 0 Å². The van der Waals surface area contributed by atoms with Gasteiger partial charge in [-0.25, -0.2) is 0 Å². The van der Waals surface area contributed by atoms with Crippen molar-refractivity contribution in [3.8, 4) is 0 Å². The van der Waals surface area contributed by atoms with Gasteiger partial charge in [0.15, 0.2) is 0 Å². The minimum Gasteiger partial charge on any atom is -0.461 e. The van der Waals surface area contributed by atoms with E-state index in [1.165, 1.54) is 30.4 Å². The number of allylic oxidation sites excluding steroid dienone is 1. The fraction of sp³-hybridized carbons (Fsp3) is 0.800. The molecule has 3 atom stereocenters. The molecular weight excluding hydrogens is 292 g/mol. The van der Waals surface area contributed by atoms with Gasteiger partial charge in [-0.05, 0) is 38.5 Å². The molecule has 1 saturated heterocycles. The largest absolute Gasteiger partial charge is 0.461 e. The molecule has 2 nitrogen and oxygen atoms in total. The lowest BCUT2D eigenvalue weighted by Gasteiger charge is -2.39. The average Bonchev–Trinajstić information content (AvgIpc) is 2.58. The van der Waals surface area contributed by atoms with Crippen molar-refractivity contribution in [2.24, 2.45) is 11.3 Å². The van der Waals surface area contributed by atoms with Crippen molar-refractivity contribution in [1.29, 1.82) is 0 Å². The SMILES string of the molecule is CC1=C(C2CC(=O)OC2C(C)Br)C(C)(C)CCC1. The molecule has 3 heteroatoms. The van der Waals surface area contributed by atoms with Gasteiger partial charge in [-0.15, -0.1) is 0 Å². The Bertz CT molecular complexity index is 382. The quantitative estimate of drug-likeness (QED) is 0.433. The van der Waals surface area contributed by atoms with Crippen LogP contribution in [0.5, 0.6) is 0 Å². The highest BCUT2D eigenvalue weighted by molar-refractivity contribution is 9.09. The van der Waals surface area contributed by atoms with Gasteiger partial charge in [0.2, 0.25) is 0 Å². The molecule has 0 N–H and O–H groups in total. The van der Waals surface area contributed by atoms with E-state index in [-0.39, 0.29) is 28.2 Å². The van der Waals surface area contributed by atoms with Gasteiger partial charge in [-0.3, -0.25) is 4.79 Å². The topological polar surface area (TPSA) is 26.3 Å². The van der Waals surface area contributed by atoms with Crippen molar-refractivity contribution >= 4 is 21.9 Å². The molecule has 2 aliphatic rings. The lowest BCUT2D eigenvalue weighted by Crippen LogP contribution is -2.33. The summed E-state index contributed by atoms with van der Waals surface area (Å²) in [6.45, 7) is 8.92. The van der Waals surface area contributed by atoms with Gasteiger partial charge >= 0.3 is 5.97 Å². The predicted molar refractivity (Wildman–Crippen MR) is 76.7 cm³/mol. The summed E-state index contributed by atoms with van der Waals surface area (Å²) >= 11 is 3.59. The fourth-order valence-corrected chi connectivity index (χ4v) is 4.20. The number of alkyl halides is 1. The van der Waals surface area contributed by atoms with Crippen LogP contribution in [0.3, 0.4) is 0 Å². The normalized spacial score (nSPS) is 33.5. The number of hydrogen-bond acceptors (Lipinski definition) is 2. The Morgan fingerprint density at radius 3 is 2.67 bits per heavy atom. The molecule has 0 amide bonds. The summed E-state index contributed by atoms with van der Waals surface area (Å²) in [5.41, 5.74) is 3.17. The molecule has 0 radical (unpaired) electrons. The summed E-state index contributed by atoms with van der Waals surface area (Å²) in [4.78, 5) is 11.9. The van der Waals surface area contributed by atoms with Crippen LogP contribution in [0, 0.1) is 11.3 Å². The first-order chi connectivity index (χ1) is 8.33. The molecule has 0 spiro atoms. The van der Waals surface area contributed by atoms with Crippen LogP contribution in [0.1, 0.15) is 53.4 Å². The van der Waals surface area contributed by atoms with Crippen LogP contribution in [0.25, 0.3) is 0 Å². The third kappa shape index (κ3) is 2.52. The maximum atomic E-state index is 11.7. The van der Waals surface area contributed by atoms with Crippen molar-refractivity contribution in [1.82, 2.24) is 0 Å². The predicted octanol–water partition coefficient (Wildman–Crippen LogP) is 4.23. The van der Waals surface area contributed by atoms with Crippen molar-refractivity contribution in [3.63, 3.8) is 0 Å². The summed E-state index contributed by atoms with van der Waals surface area (Å²) in [6.07, 6.45) is 4.20. The lowest BCUT2D eigenvalue weighted by atomic mass is 9.66. The summed E-state index contributed by atoms with van der Waals surface area (Å²) in [7, 11) is 0. The lowest BCUT2D eigenvalue weighted by molar-refractivity contribution is -0.141. The highest BCUT2D eigenvalue weighted by Gasteiger charge is 2.45. The van der Waals surface area contributed by atoms with Crippen molar-refractivity contribution < 1.29 is 9.53 Å². The standard InChI is InChI=1S/C15H23BrO2/c1-9-6-5-7-15(3,4)13(9)11-8-12(17)18-14(11)10(2)16/h10-11,14H,5-8H2,1-4H3. The molecule has 3 unspecified atom stereocenters. The summed E-state index contributed by atoms with van der Waals surface area (Å²) in [5.74, 6) is 0.222. The maximum Gasteiger partial charge on any atom is 0.306 e. The third-order valence-electron chi connectivity index (χ3n) is 4.42. The van der Waals surface area contributed by atoms with E-state index in [1.54, 1.807) is 0 Å². The number of esters is 1. The molecule has 0 bridgehead atoms. The minimum atomic E-state index is -0.0435. The van der Waals surface area contributed by atoms with Crippen LogP contribution < -0.4 is 0 Å². The molecule has 18 heavy (non-hydrogen) atoms. The molecule has 1 aliphatic heterocycles. The zero-order valence-corrected chi connectivity index (χ0v) is 13.3. The van der Waals surface area contributed by atoms with Crippen LogP contribution in [0.15, 0.2) is 11.1 Å². The Balaban J connectivity index is 2.36. The van der Waals surface area contributed by atoms with E-state index in [0.29, 0.717) is 6.42 Å². The van der Waals surface area contributed by atoms with Gasteiger partial charge < -0.3 is 4.74 Å². The van der Waals surface area contributed by atoms with Gasteiger partial charge in [0.1, 0.15) is 6.10 Å². The fourth-order valence-electron chi connectivity index (χ4n) is 3.72. The smallest absolute Gasteiger partial charge is 0.306 e. The third-order valence-corrected chi connectivity index (χ3v) is 4.94. The first-order valence-electron chi connectivity index (χ1n) is 6.86. The molecule has 2 rings (SSSR count). The van der Waals surface area contributed by atoms with Gasteiger partial charge in [-0.1, -0.05) is 40.9 Å². The van der Waals surface area contributed by atoms with Crippen LogP contribution in [-0.2, 0) is 9.53 Å². The van der Waals surface area contributed by atoms with E-state index in [9.17, 15) is 4.79 Å². The number of ether oxygens (including phenoxy) is 1. The zero-order chi connectivity index (χ0) is 13.5. The molecule has 1 fully saturated rings. The number of carbonyl (C=O) groups is 1. The molecule has 102 valence electrons. The Labute approximate surface area is 118 Å². The second kappa shape index (κ2) is 4.99. The van der Waals surface area contributed by atoms with Crippen molar-refractivity contribution in [2.45, 2.75) is 64.3 Å². The van der Waals surface area contributed by atoms with Crippen LogP contribution >= 0.6 is 15.9 Å². The van der Waals surface area contributed by atoms with E-state index in [4.69, 9.17) is 4.74 Å². The zero-order valence-electron chi connectivity index (χ0n) is 11.8. The Morgan fingerprint density at radius 1 is 1.44 bits per heavy atom. The second-order valence-electron chi connectivity index (χ2n) is 6.37. The number of carbonyl (C=O) groups excluding carboxylic acids is 1. The number of rotatable bonds is 2. The molecule has 0 aromatic rings. The minimum absolute atomic E-state index is 0.000162. The average molecular weight is 315 g/mol. The van der Waals surface area contributed by atoms with Gasteiger partial charge in [0.05, 0.1) is 6.42 Å². The van der Waals surface area contributed by atoms with E-state index in [1.807, 2.05) is 0 Å². The second-order valence-corrected chi connectivity index (χ2v) is 7.82. The van der Waals surface area contributed by atoms with Gasteiger partial charge in [0.25, 0.3) is 0 Å². The van der Waals surface area contributed by atoms with E-state index in [0.717, 1.165) is 0 Å². The molecule has 0 aromatic heterocycles. The van der Waals surface area contributed by atoms with Gasteiger partial charge in [0, 0.05) is 10.7 Å². The van der Waals surface area contributed by atoms with Crippen LogP contribution in [0.4, 0.5) is 0 Å². The molecule has 0 saturated carbocycles. The van der Waals surface area contributed by atoms with Gasteiger partial charge in [-0.2, -0.15) is 0 Å². The van der Waals surface area contributed by atoms with Crippen LogP contribution in [-0.4, -0.2) is 16.9 Å². The number of halogens is 1. The highest BCUT2D eigenvalue weighted by Crippen LogP contribution is 2.48. The Morgan fingerprint density at radius 2 is 2.11 bits per heavy atom. The molecule has 1 aliphatic carbocycles. The van der Waals surface area contributed by atoms with E-state index < -0.39 is 0 Å². The van der Waals surface area contributed by atoms with E-state index in [2.05, 4.69) is 43.6 Å². The van der Waals surface area contributed by atoms with Crippen LogP contribution in [0.2, 0.25) is 0 Å². The summed E-state index contributed by atoms with van der Waals surface area (Å²) in [6, 6.07) is 0. The summed E-state index contributed by atoms with van der Waals surface area (Å²) in [5, 5.41) is 0. The monoisotopic (exact) mass is 314 g/mol.